The monoisotopic (exact) mass is 385 g/mol. The zero-order valence-corrected chi connectivity index (χ0v) is 15.6. The molecular weight excluding hydrogens is 370 g/mol. The van der Waals surface area contributed by atoms with Gasteiger partial charge in [-0.3, -0.25) is 15.1 Å². The van der Waals surface area contributed by atoms with Gasteiger partial charge in [-0.25, -0.2) is 15.0 Å². The molecule has 0 atom stereocenters. The summed E-state index contributed by atoms with van der Waals surface area (Å²) in [7, 11) is 0. The Bertz CT molecular complexity index is 1290. The number of hydrogen-bond donors (Lipinski definition) is 3. The van der Waals surface area contributed by atoms with Gasteiger partial charge in [0, 0.05) is 18.0 Å². The van der Waals surface area contributed by atoms with Crippen LogP contribution in [0.1, 0.15) is 32.9 Å². The van der Waals surface area contributed by atoms with Crippen molar-refractivity contribution < 1.29 is 4.79 Å². The minimum absolute atomic E-state index is 0.241. The highest BCUT2D eigenvalue weighted by Crippen LogP contribution is 2.19. The highest BCUT2D eigenvalue weighted by molar-refractivity contribution is 6.03. The third kappa shape index (κ3) is 3.70. The molecule has 4 N–H and O–H groups in total. The van der Waals surface area contributed by atoms with Crippen LogP contribution in [0.4, 0.5) is 11.8 Å². The van der Waals surface area contributed by atoms with E-state index in [-0.39, 0.29) is 17.7 Å². The number of aryl methyl sites for hydroxylation is 2. The summed E-state index contributed by atoms with van der Waals surface area (Å²) in [5.74, 6) is 6.07. The second-order valence-electron chi connectivity index (χ2n) is 6.15. The number of amides is 1. The summed E-state index contributed by atoms with van der Waals surface area (Å²) in [6, 6.07) is 1.61. The third-order valence-corrected chi connectivity index (χ3v) is 4.13. The summed E-state index contributed by atoms with van der Waals surface area (Å²) in [6.07, 6.45) is 5.92. The molecule has 0 aliphatic rings. The molecule has 0 aromatic carbocycles. The molecule has 1 amide bonds. The first-order valence-corrected chi connectivity index (χ1v) is 8.55. The lowest BCUT2D eigenvalue weighted by molar-refractivity contribution is 0.102. The highest BCUT2D eigenvalue weighted by atomic mass is 16.1. The van der Waals surface area contributed by atoms with E-state index in [0.29, 0.717) is 27.7 Å². The molecule has 0 radical (unpaired) electrons. The average molecular weight is 385 g/mol. The number of nitrogens with one attached hydrogen (secondary N) is 2. The van der Waals surface area contributed by atoms with E-state index >= 15 is 0 Å². The molecule has 0 fully saturated rings. The molecule has 0 saturated heterocycles. The van der Waals surface area contributed by atoms with Crippen LogP contribution in [-0.2, 0) is 0 Å². The van der Waals surface area contributed by atoms with Gasteiger partial charge in [0.2, 0.25) is 5.95 Å². The number of H-pyrrole nitrogens is 1. The molecule has 4 heterocycles. The maximum absolute atomic E-state index is 12.3. The van der Waals surface area contributed by atoms with Crippen molar-refractivity contribution >= 4 is 28.7 Å². The van der Waals surface area contributed by atoms with E-state index < -0.39 is 0 Å². The molecule has 0 bridgehead atoms. The smallest absolute Gasteiger partial charge is 0.259 e. The summed E-state index contributed by atoms with van der Waals surface area (Å²) in [5, 5.41) is 9.90. The standard InChI is InChI=1S/C19H15N9O/c1-10-11(2)26-16-14(17(20)22-8-15(16)25-10)4-3-12-5-13(7-21-6-12)18(29)27-19-23-9-24-28-19/h5-9H,1-2H3,(H2,20,22)(H2,23,24,27,28,29). The van der Waals surface area contributed by atoms with Crippen LogP contribution in [0.3, 0.4) is 0 Å². The normalized spacial score (nSPS) is 10.4. The number of carbonyl (C=O) groups is 1. The number of hydrogen-bond acceptors (Lipinski definition) is 8. The SMILES string of the molecule is Cc1nc2cnc(N)c(C#Cc3cncc(C(=O)Nc4nnc[nH]4)c3)c2nc1C. The van der Waals surface area contributed by atoms with Crippen molar-refractivity contribution in [2.45, 2.75) is 13.8 Å². The fraction of sp³-hybridized carbons (Fsp3) is 0.105. The lowest BCUT2D eigenvalue weighted by Gasteiger charge is -2.05. The van der Waals surface area contributed by atoms with Gasteiger partial charge in [0.1, 0.15) is 23.2 Å². The summed E-state index contributed by atoms with van der Waals surface area (Å²) < 4.78 is 0. The second-order valence-corrected chi connectivity index (χ2v) is 6.15. The lowest BCUT2D eigenvalue weighted by Crippen LogP contribution is -2.13. The van der Waals surface area contributed by atoms with Gasteiger partial charge in [0.15, 0.2) is 0 Å². The molecule has 4 aromatic rings. The van der Waals surface area contributed by atoms with Gasteiger partial charge in [0.25, 0.3) is 5.91 Å². The number of fused-ring (bicyclic) bond motifs is 1. The number of nitrogen functional groups attached to an aromatic ring is 1. The number of carbonyl (C=O) groups excluding carboxylic acids is 1. The van der Waals surface area contributed by atoms with Crippen LogP contribution in [0, 0.1) is 25.7 Å². The summed E-state index contributed by atoms with van der Waals surface area (Å²) in [5.41, 5.74) is 10.2. The largest absolute Gasteiger partial charge is 0.383 e. The van der Waals surface area contributed by atoms with E-state index in [1.165, 1.54) is 12.5 Å². The number of pyridine rings is 2. The molecule has 0 unspecified atom stereocenters. The summed E-state index contributed by atoms with van der Waals surface area (Å²) in [4.78, 5) is 32.3. The van der Waals surface area contributed by atoms with E-state index in [4.69, 9.17) is 5.73 Å². The summed E-state index contributed by atoms with van der Waals surface area (Å²) in [6.45, 7) is 3.75. The number of aromatic nitrogens is 7. The van der Waals surface area contributed by atoms with E-state index in [9.17, 15) is 4.79 Å². The first-order chi connectivity index (χ1) is 14.0. The molecule has 29 heavy (non-hydrogen) atoms. The van der Waals surface area contributed by atoms with Gasteiger partial charge in [-0.1, -0.05) is 11.8 Å². The Morgan fingerprint density at radius 2 is 1.97 bits per heavy atom. The molecular formula is C19H15N9O. The average Bonchev–Trinajstić information content (AvgIpc) is 3.22. The minimum atomic E-state index is -0.388. The van der Waals surface area contributed by atoms with Crippen LogP contribution in [0.2, 0.25) is 0 Å². The van der Waals surface area contributed by atoms with Gasteiger partial charge >= 0.3 is 0 Å². The number of nitrogens with two attached hydrogens (primary N) is 1. The first-order valence-electron chi connectivity index (χ1n) is 8.55. The van der Waals surface area contributed by atoms with Gasteiger partial charge < -0.3 is 10.7 Å². The van der Waals surface area contributed by atoms with Crippen LogP contribution >= 0.6 is 0 Å². The van der Waals surface area contributed by atoms with Gasteiger partial charge in [-0.15, -0.1) is 10.2 Å². The fourth-order valence-electron chi connectivity index (χ4n) is 2.55. The predicted molar refractivity (Wildman–Crippen MR) is 106 cm³/mol. The second kappa shape index (κ2) is 7.32. The Morgan fingerprint density at radius 3 is 2.76 bits per heavy atom. The lowest BCUT2D eigenvalue weighted by atomic mass is 10.1. The molecule has 10 nitrogen and oxygen atoms in total. The number of nitrogens with zero attached hydrogens (tertiary/aromatic N) is 6. The molecule has 0 spiro atoms. The molecule has 0 saturated carbocycles. The number of aromatic amines is 1. The fourth-order valence-corrected chi connectivity index (χ4v) is 2.55. The van der Waals surface area contributed by atoms with Crippen LogP contribution < -0.4 is 11.1 Å². The van der Waals surface area contributed by atoms with Crippen LogP contribution in [-0.4, -0.2) is 41.0 Å². The Hall–Kier alpha value is -4.39. The van der Waals surface area contributed by atoms with Crippen molar-refractivity contribution in [1.29, 1.82) is 0 Å². The van der Waals surface area contributed by atoms with E-state index in [1.807, 2.05) is 13.8 Å². The van der Waals surface area contributed by atoms with E-state index in [1.54, 1.807) is 18.5 Å². The van der Waals surface area contributed by atoms with Crippen LogP contribution in [0.5, 0.6) is 0 Å². The van der Waals surface area contributed by atoms with Crippen molar-refractivity contribution in [3.05, 3.63) is 59.1 Å². The first kappa shape index (κ1) is 18.0. The Morgan fingerprint density at radius 1 is 1.14 bits per heavy atom. The van der Waals surface area contributed by atoms with E-state index in [0.717, 1.165) is 11.4 Å². The Kier molecular flexibility index (Phi) is 4.54. The van der Waals surface area contributed by atoms with Gasteiger partial charge in [0.05, 0.1) is 28.7 Å². The van der Waals surface area contributed by atoms with Crippen molar-refractivity contribution in [2.75, 3.05) is 11.1 Å². The Balaban J connectivity index is 1.69. The predicted octanol–water partition coefficient (Wildman–Crippen LogP) is 1.39. The minimum Gasteiger partial charge on any atom is -0.383 e. The molecule has 0 aliphatic carbocycles. The van der Waals surface area contributed by atoms with E-state index in [2.05, 4.69) is 52.3 Å². The maximum Gasteiger partial charge on any atom is 0.259 e. The van der Waals surface area contributed by atoms with Crippen molar-refractivity contribution in [3.8, 4) is 11.8 Å². The van der Waals surface area contributed by atoms with Crippen molar-refractivity contribution in [2.24, 2.45) is 0 Å². The van der Waals surface area contributed by atoms with Gasteiger partial charge in [-0.05, 0) is 19.9 Å². The molecule has 0 aliphatic heterocycles. The third-order valence-electron chi connectivity index (χ3n) is 4.13. The molecule has 10 heteroatoms. The summed E-state index contributed by atoms with van der Waals surface area (Å²) >= 11 is 0. The maximum atomic E-state index is 12.3. The zero-order valence-electron chi connectivity index (χ0n) is 15.6. The number of rotatable bonds is 2. The number of anilines is 2. The molecule has 142 valence electrons. The van der Waals surface area contributed by atoms with Crippen molar-refractivity contribution in [3.63, 3.8) is 0 Å². The zero-order chi connectivity index (χ0) is 20.4. The molecule has 4 rings (SSSR count). The van der Waals surface area contributed by atoms with Crippen molar-refractivity contribution in [1.82, 2.24) is 35.1 Å². The van der Waals surface area contributed by atoms with Gasteiger partial charge in [-0.2, -0.15) is 0 Å². The highest BCUT2D eigenvalue weighted by Gasteiger charge is 2.11. The molecule has 4 aromatic heterocycles. The van der Waals surface area contributed by atoms with Crippen LogP contribution in [0.25, 0.3) is 11.0 Å². The topological polar surface area (TPSA) is 148 Å². The Labute approximate surface area is 165 Å². The quantitative estimate of drug-likeness (QED) is 0.438. The van der Waals surface area contributed by atoms with Crippen LogP contribution in [0.15, 0.2) is 31.0 Å².